The second-order valence-electron chi connectivity index (χ2n) is 6.62. The number of carbonyl (C=O) groups excluding carboxylic acids is 1. The fourth-order valence-electron chi connectivity index (χ4n) is 2.59. The van der Waals surface area contributed by atoms with Crippen LogP contribution >= 0.6 is 0 Å². The molecule has 1 aliphatic rings. The van der Waals surface area contributed by atoms with Crippen LogP contribution < -0.4 is 10.6 Å². The Bertz CT molecular complexity index is 318. The maximum atomic E-state index is 11.8. The van der Waals surface area contributed by atoms with Gasteiger partial charge in [-0.15, -0.1) is 0 Å². The van der Waals surface area contributed by atoms with E-state index in [1.165, 1.54) is 0 Å². The highest BCUT2D eigenvalue weighted by Crippen LogP contribution is 2.29. The largest absolute Gasteiger partial charge is 0.444 e. The van der Waals surface area contributed by atoms with Gasteiger partial charge in [0.1, 0.15) is 5.60 Å². The van der Waals surface area contributed by atoms with Gasteiger partial charge in [-0.3, -0.25) is 0 Å². The third kappa shape index (κ3) is 6.63. The van der Waals surface area contributed by atoms with Gasteiger partial charge in [-0.05, 0) is 33.6 Å². The van der Waals surface area contributed by atoms with Crippen molar-refractivity contribution in [3.05, 3.63) is 0 Å². The molecule has 0 saturated heterocycles. The number of hydrogen-bond donors (Lipinski definition) is 2. The first-order valence-electron chi connectivity index (χ1n) is 7.58. The van der Waals surface area contributed by atoms with Crippen molar-refractivity contribution in [2.45, 2.75) is 63.9 Å². The Morgan fingerprint density at radius 2 is 1.76 bits per heavy atom. The maximum absolute atomic E-state index is 11.8. The summed E-state index contributed by atoms with van der Waals surface area (Å²) < 4.78 is 15.7. The molecule has 124 valence electrons. The molecule has 6 heteroatoms. The van der Waals surface area contributed by atoms with Crippen molar-refractivity contribution in [2.24, 2.45) is 0 Å². The first-order valence-corrected chi connectivity index (χ1v) is 7.58. The summed E-state index contributed by atoms with van der Waals surface area (Å²) in [6.07, 6.45) is 3.74. The Labute approximate surface area is 127 Å². The molecule has 0 heterocycles. The van der Waals surface area contributed by atoms with Gasteiger partial charge in [0, 0.05) is 32.8 Å². The van der Waals surface area contributed by atoms with Crippen LogP contribution in [-0.2, 0) is 14.2 Å². The molecule has 0 radical (unpaired) electrons. The fraction of sp³-hybridized carbons (Fsp3) is 0.933. The van der Waals surface area contributed by atoms with Gasteiger partial charge in [-0.1, -0.05) is 12.8 Å². The average Bonchev–Trinajstić information content (AvgIpc) is 2.85. The maximum Gasteiger partial charge on any atom is 0.407 e. The van der Waals surface area contributed by atoms with Crippen molar-refractivity contribution < 1.29 is 19.0 Å². The predicted octanol–water partition coefficient (Wildman–Crippen LogP) is 2.03. The Morgan fingerprint density at radius 1 is 1.19 bits per heavy atom. The van der Waals surface area contributed by atoms with Gasteiger partial charge >= 0.3 is 6.09 Å². The van der Waals surface area contributed by atoms with Gasteiger partial charge in [0.2, 0.25) is 0 Å². The van der Waals surface area contributed by atoms with Crippen LogP contribution in [0.1, 0.15) is 46.5 Å². The Kier molecular flexibility index (Phi) is 6.90. The minimum atomic E-state index is -0.475. The molecule has 1 fully saturated rings. The summed E-state index contributed by atoms with van der Waals surface area (Å²) in [5.41, 5.74) is -0.566. The summed E-state index contributed by atoms with van der Waals surface area (Å²) in [7, 11) is 3.24. The Morgan fingerprint density at radius 3 is 2.24 bits per heavy atom. The van der Waals surface area contributed by atoms with Crippen LogP contribution in [0.15, 0.2) is 0 Å². The van der Waals surface area contributed by atoms with Gasteiger partial charge in [0.25, 0.3) is 0 Å². The van der Waals surface area contributed by atoms with Crippen LogP contribution in [0.5, 0.6) is 0 Å². The van der Waals surface area contributed by atoms with E-state index in [2.05, 4.69) is 10.6 Å². The average molecular weight is 302 g/mol. The van der Waals surface area contributed by atoms with Crippen LogP contribution in [0, 0.1) is 0 Å². The lowest BCUT2D eigenvalue weighted by Crippen LogP contribution is -2.54. The molecule has 21 heavy (non-hydrogen) atoms. The molecule has 0 atom stereocenters. The smallest absolute Gasteiger partial charge is 0.407 e. The van der Waals surface area contributed by atoms with E-state index in [0.29, 0.717) is 13.1 Å². The lowest BCUT2D eigenvalue weighted by atomic mass is 9.97. The molecule has 0 bridgehead atoms. The molecule has 1 saturated carbocycles. The van der Waals surface area contributed by atoms with Crippen molar-refractivity contribution in [3.8, 4) is 0 Å². The molecule has 0 unspecified atom stereocenters. The van der Waals surface area contributed by atoms with Crippen molar-refractivity contribution >= 4 is 6.09 Å². The van der Waals surface area contributed by atoms with Crippen molar-refractivity contribution in [3.63, 3.8) is 0 Å². The summed E-state index contributed by atoms with van der Waals surface area (Å²) in [5.74, 6) is 0. The zero-order chi connectivity index (χ0) is 15.9. The normalized spacial score (nSPS) is 18.0. The third-order valence-corrected chi connectivity index (χ3v) is 3.70. The van der Waals surface area contributed by atoms with Crippen LogP contribution in [0.3, 0.4) is 0 Å². The van der Waals surface area contributed by atoms with Crippen LogP contribution in [0.25, 0.3) is 0 Å². The lowest BCUT2D eigenvalue weighted by molar-refractivity contribution is -0.102. The molecule has 6 nitrogen and oxygen atoms in total. The van der Waals surface area contributed by atoms with E-state index >= 15 is 0 Å². The number of amides is 1. The van der Waals surface area contributed by atoms with Crippen LogP contribution in [-0.4, -0.2) is 50.8 Å². The van der Waals surface area contributed by atoms with Gasteiger partial charge in [0.15, 0.2) is 6.29 Å². The minimum absolute atomic E-state index is 0.0911. The van der Waals surface area contributed by atoms with Gasteiger partial charge in [-0.25, -0.2) is 4.79 Å². The van der Waals surface area contributed by atoms with E-state index in [0.717, 1.165) is 25.7 Å². The first kappa shape index (κ1) is 18.2. The highest BCUT2D eigenvalue weighted by molar-refractivity contribution is 5.67. The summed E-state index contributed by atoms with van der Waals surface area (Å²) in [4.78, 5) is 11.8. The van der Waals surface area contributed by atoms with Gasteiger partial charge in [0.05, 0.1) is 0 Å². The summed E-state index contributed by atoms with van der Waals surface area (Å²) in [5, 5.41) is 6.37. The zero-order valence-electron chi connectivity index (χ0n) is 14.0. The number of methoxy groups -OCH3 is 2. The molecule has 0 aliphatic heterocycles. The van der Waals surface area contributed by atoms with E-state index in [9.17, 15) is 4.79 Å². The van der Waals surface area contributed by atoms with Gasteiger partial charge in [-0.2, -0.15) is 0 Å². The quantitative estimate of drug-likeness (QED) is 0.704. The van der Waals surface area contributed by atoms with E-state index in [1.54, 1.807) is 14.2 Å². The SMILES string of the molecule is COC(CNC1(CNC(=O)OC(C)(C)C)CCCC1)OC. The van der Waals surface area contributed by atoms with E-state index in [4.69, 9.17) is 14.2 Å². The zero-order valence-corrected chi connectivity index (χ0v) is 14.0. The number of alkyl carbamates (subject to hydrolysis) is 1. The lowest BCUT2D eigenvalue weighted by Gasteiger charge is -2.32. The monoisotopic (exact) mass is 302 g/mol. The number of carbonyl (C=O) groups is 1. The highest BCUT2D eigenvalue weighted by Gasteiger charge is 2.34. The molecule has 0 aromatic heterocycles. The molecule has 0 spiro atoms. The molecule has 1 rings (SSSR count). The van der Waals surface area contributed by atoms with Crippen molar-refractivity contribution in [1.29, 1.82) is 0 Å². The number of ether oxygens (including phenoxy) is 3. The Balaban J connectivity index is 2.47. The summed E-state index contributed by atoms with van der Waals surface area (Å²) in [6.45, 7) is 6.73. The molecule has 1 aliphatic carbocycles. The second-order valence-corrected chi connectivity index (χ2v) is 6.62. The Hall–Kier alpha value is -0.850. The van der Waals surface area contributed by atoms with E-state index < -0.39 is 5.60 Å². The fourth-order valence-corrected chi connectivity index (χ4v) is 2.59. The summed E-state index contributed by atoms with van der Waals surface area (Å²) >= 11 is 0. The van der Waals surface area contributed by atoms with E-state index in [-0.39, 0.29) is 17.9 Å². The number of nitrogens with one attached hydrogen (secondary N) is 2. The molecule has 0 aromatic rings. The standard InChI is InChI=1S/C15H30N2O4/c1-14(2,3)21-13(18)16-11-15(8-6-7-9-15)17-10-12(19-4)20-5/h12,17H,6-11H2,1-5H3,(H,16,18). The van der Waals surface area contributed by atoms with Crippen LogP contribution in [0.4, 0.5) is 4.79 Å². The molecule has 1 amide bonds. The minimum Gasteiger partial charge on any atom is -0.444 e. The number of rotatable bonds is 7. The van der Waals surface area contributed by atoms with E-state index in [1.807, 2.05) is 20.8 Å². The predicted molar refractivity (Wildman–Crippen MR) is 81.2 cm³/mol. The highest BCUT2D eigenvalue weighted by atomic mass is 16.7. The number of hydrogen-bond acceptors (Lipinski definition) is 5. The molecule has 2 N–H and O–H groups in total. The second kappa shape index (κ2) is 7.96. The first-order chi connectivity index (χ1) is 9.80. The van der Waals surface area contributed by atoms with Crippen molar-refractivity contribution in [1.82, 2.24) is 10.6 Å². The summed E-state index contributed by atoms with van der Waals surface area (Å²) in [6, 6.07) is 0. The van der Waals surface area contributed by atoms with Gasteiger partial charge < -0.3 is 24.8 Å². The molecular weight excluding hydrogens is 272 g/mol. The van der Waals surface area contributed by atoms with Crippen molar-refractivity contribution in [2.75, 3.05) is 27.3 Å². The molecule has 0 aromatic carbocycles. The third-order valence-electron chi connectivity index (χ3n) is 3.70. The van der Waals surface area contributed by atoms with Crippen LogP contribution in [0.2, 0.25) is 0 Å². The molecular formula is C15H30N2O4. The topological polar surface area (TPSA) is 68.8 Å².